The van der Waals surface area contributed by atoms with Crippen molar-refractivity contribution < 1.29 is 19.2 Å². The van der Waals surface area contributed by atoms with Crippen LogP contribution in [0.3, 0.4) is 0 Å². The van der Waals surface area contributed by atoms with Gasteiger partial charge < -0.3 is 0 Å². The first-order valence-corrected chi connectivity index (χ1v) is 8.61. The summed E-state index contributed by atoms with van der Waals surface area (Å²) in [5, 5.41) is 2.55. The summed E-state index contributed by atoms with van der Waals surface area (Å²) >= 11 is 0. The molecular weight excluding hydrogens is 296 g/mol. The molecule has 0 fully saturated rings. The van der Waals surface area contributed by atoms with Gasteiger partial charge in [-0.3, -0.25) is 19.2 Å². The lowest BCUT2D eigenvalue weighted by atomic mass is 10.4. The lowest BCUT2D eigenvalue weighted by molar-refractivity contribution is -0.128. The fourth-order valence-corrected chi connectivity index (χ4v) is 5.20. The van der Waals surface area contributed by atoms with Crippen LogP contribution in [0.5, 0.6) is 0 Å². The van der Waals surface area contributed by atoms with Crippen LogP contribution < -0.4 is 0 Å². The Hall–Kier alpha value is -1.92. The third kappa shape index (κ3) is 2.07. The van der Waals surface area contributed by atoms with Gasteiger partial charge in [0, 0.05) is 0 Å². The largest absolute Gasteiger partial charge is 0.285 e. The number of ketones is 2. The molecule has 2 aliphatic heterocycles. The molecule has 1 aromatic rings. The summed E-state index contributed by atoms with van der Waals surface area (Å²) in [6.07, 6.45) is 2.63. The van der Waals surface area contributed by atoms with E-state index >= 15 is 0 Å². The van der Waals surface area contributed by atoms with Crippen LogP contribution in [0.1, 0.15) is 0 Å². The van der Waals surface area contributed by atoms with Gasteiger partial charge in [0.2, 0.25) is 21.8 Å². The van der Waals surface area contributed by atoms with Crippen molar-refractivity contribution in [2.45, 2.75) is 9.79 Å². The molecule has 0 N–H and O–H groups in total. The van der Waals surface area contributed by atoms with Crippen molar-refractivity contribution >= 4 is 43.6 Å². The molecule has 102 valence electrons. The highest BCUT2D eigenvalue weighted by atomic mass is 32.2. The maximum absolute atomic E-state index is 11.7. The molecule has 4 nitrogen and oxygen atoms in total. The van der Waals surface area contributed by atoms with Crippen LogP contribution in [0.4, 0.5) is 0 Å². The van der Waals surface area contributed by atoms with E-state index in [4.69, 9.17) is 0 Å². The average Bonchev–Trinajstić information content (AvgIpc) is 2.96. The van der Waals surface area contributed by atoms with E-state index < -0.39 is 33.4 Å². The molecular formula is C14H10O4S2. The maximum Gasteiger partial charge on any atom is 0.247 e. The predicted molar refractivity (Wildman–Crippen MR) is 79.3 cm³/mol. The summed E-state index contributed by atoms with van der Waals surface area (Å²) in [7, 11) is -2.43. The Morgan fingerprint density at radius 2 is 0.950 bits per heavy atom. The van der Waals surface area contributed by atoms with E-state index in [9.17, 15) is 19.2 Å². The summed E-state index contributed by atoms with van der Waals surface area (Å²) in [5.74, 6) is -0.909. The van der Waals surface area contributed by atoms with Crippen molar-refractivity contribution in [2.75, 3.05) is 0 Å². The highest BCUT2D eigenvalue weighted by Gasteiger charge is 2.27. The molecule has 0 spiro atoms. The van der Waals surface area contributed by atoms with E-state index in [-0.39, 0.29) is 10.2 Å². The van der Waals surface area contributed by atoms with Gasteiger partial charge in [-0.15, -0.1) is 21.8 Å². The predicted octanol–water partition coefficient (Wildman–Crippen LogP) is 1.65. The zero-order chi connectivity index (χ0) is 14.3. The Bertz CT molecular complexity index is 639. The molecule has 0 saturated heterocycles. The molecule has 2 aliphatic rings. The molecule has 1 aromatic carbocycles. The number of thiol groups is 2. The molecule has 0 radical (unpaired) electrons. The highest BCUT2D eigenvalue weighted by Crippen LogP contribution is 2.46. The Labute approximate surface area is 120 Å². The van der Waals surface area contributed by atoms with E-state index in [1.165, 1.54) is 12.2 Å². The molecule has 2 atom stereocenters. The second-order valence-corrected chi connectivity index (χ2v) is 8.15. The van der Waals surface area contributed by atoms with Gasteiger partial charge in [-0.1, -0.05) is 0 Å². The zero-order valence-electron chi connectivity index (χ0n) is 10.1. The fourth-order valence-electron chi connectivity index (χ4n) is 1.98. The Balaban J connectivity index is 1.86. The maximum atomic E-state index is 11.7. The molecule has 2 unspecified atom stereocenters. The summed E-state index contributed by atoms with van der Waals surface area (Å²) in [6.45, 7) is 0. The lowest BCUT2D eigenvalue weighted by Gasteiger charge is -2.14. The van der Waals surface area contributed by atoms with E-state index in [0.29, 0.717) is 0 Å². The van der Waals surface area contributed by atoms with Gasteiger partial charge in [-0.05, 0) is 57.0 Å². The number of carbonyl (C=O) groups is 4. The first-order chi connectivity index (χ1) is 9.58. The summed E-state index contributed by atoms with van der Waals surface area (Å²) in [6, 6.07) is 7.03. The van der Waals surface area contributed by atoms with E-state index in [1.807, 2.05) is 0 Å². The van der Waals surface area contributed by atoms with Crippen LogP contribution in [0.2, 0.25) is 0 Å². The van der Waals surface area contributed by atoms with Crippen molar-refractivity contribution in [1.82, 2.24) is 0 Å². The molecule has 0 aliphatic carbocycles. The van der Waals surface area contributed by atoms with Crippen LogP contribution in [-0.2, 0) is 19.2 Å². The third-order valence-electron chi connectivity index (χ3n) is 3.02. The van der Waals surface area contributed by atoms with Crippen LogP contribution in [-0.4, -0.2) is 21.8 Å². The number of rotatable bonds is 2. The second-order valence-electron chi connectivity index (χ2n) is 4.23. The molecule has 0 bridgehead atoms. The van der Waals surface area contributed by atoms with Crippen molar-refractivity contribution in [3.8, 4) is 0 Å². The van der Waals surface area contributed by atoms with Crippen molar-refractivity contribution in [3.05, 3.63) is 47.2 Å². The first-order valence-electron chi connectivity index (χ1n) is 5.79. The monoisotopic (exact) mass is 306 g/mol. The quantitative estimate of drug-likeness (QED) is 0.644. The first kappa shape index (κ1) is 13.1. The van der Waals surface area contributed by atoms with Gasteiger partial charge in [0.25, 0.3) is 0 Å². The zero-order valence-corrected chi connectivity index (χ0v) is 11.9. The van der Waals surface area contributed by atoms with Crippen molar-refractivity contribution in [1.29, 1.82) is 0 Å². The lowest BCUT2D eigenvalue weighted by Crippen LogP contribution is -2.05. The number of carbonyl (C=O) groups excluding carboxylic acids is 4. The molecule has 3 rings (SSSR count). The Morgan fingerprint density at radius 1 is 0.600 bits per heavy atom. The molecule has 0 saturated carbocycles. The van der Waals surface area contributed by atoms with Crippen LogP contribution in [0.25, 0.3) is 0 Å². The minimum Gasteiger partial charge on any atom is -0.285 e. The van der Waals surface area contributed by atoms with Crippen molar-refractivity contribution in [2.24, 2.45) is 0 Å². The molecule has 6 heteroatoms. The fraction of sp³-hybridized carbons (Fsp3) is 0. The number of hydrogen-bond acceptors (Lipinski definition) is 4. The minimum absolute atomic E-state index is 0.370. The van der Waals surface area contributed by atoms with Gasteiger partial charge in [-0.2, -0.15) is 0 Å². The van der Waals surface area contributed by atoms with Gasteiger partial charge in [0.15, 0.2) is 0 Å². The van der Waals surface area contributed by atoms with E-state index in [2.05, 4.69) is 0 Å². The molecule has 0 aromatic heterocycles. The van der Waals surface area contributed by atoms with Crippen molar-refractivity contribution in [3.63, 3.8) is 0 Å². The second kappa shape index (κ2) is 4.88. The Kier molecular flexibility index (Phi) is 3.19. The van der Waals surface area contributed by atoms with Gasteiger partial charge in [0.05, 0.1) is 0 Å². The van der Waals surface area contributed by atoms with E-state index in [0.717, 1.165) is 9.79 Å². The van der Waals surface area contributed by atoms with Crippen LogP contribution in [0.15, 0.2) is 57.0 Å². The SMILES string of the molecule is O=C1C=C[SH](c2ccc([SH]3C=CC(=O)C3=O)cc2)C1=O. The van der Waals surface area contributed by atoms with Gasteiger partial charge >= 0.3 is 0 Å². The molecule has 2 heterocycles. The number of benzene rings is 1. The normalized spacial score (nSPS) is 28.6. The highest BCUT2D eigenvalue weighted by molar-refractivity contribution is 8.34. The van der Waals surface area contributed by atoms with Gasteiger partial charge in [-0.25, -0.2) is 0 Å². The van der Waals surface area contributed by atoms with Crippen LogP contribution in [0, 0.1) is 0 Å². The Morgan fingerprint density at radius 3 is 1.20 bits per heavy atom. The summed E-state index contributed by atoms with van der Waals surface area (Å²) in [4.78, 5) is 47.3. The number of hydrogen-bond donors (Lipinski definition) is 2. The standard InChI is InChI=1S/C14H10O4S2/c15-11-5-7-19(13(11)17)9-1-2-10(4-3-9)20-8-6-12(16)14(20)18/h1-8,19-20H. The van der Waals surface area contributed by atoms with Gasteiger partial charge in [0.1, 0.15) is 0 Å². The third-order valence-corrected chi connectivity index (χ3v) is 6.93. The molecule has 0 amide bonds. The summed E-state index contributed by atoms with van der Waals surface area (Å²) in [5.41, 5.74) is 0. The summed E-state index contributed by atoms with van der Waals surface area (Å²) < 4.78 is 0. The topological polar surface area (TPSA) is 68.3 Å². The number of allylic oxidation sites excluding steroid dienone is 2. The van der Waals surface area contributed by atoms with Crippen LogP contribution >= 0.6 is 21.8 Å². The van der Waals surface area contributed by atoms with E-state index in [1.54, 1.807) is 35.1 Å². The molecule has 20 heavy (non-hydrogen) atoms. The minimum atomic E-state index is -1.22. The smallest absolute Gasteiger partial charge is 0.247 e. The average molecular weight is 306 g/mol.